The monoisotopic (exact) mass is 492 g/mol. The van der Waals surface area contributed by atoms with Crippen LogP contribution in [-0.2, 0) is 8.85 Å². The van der Waals surface area contributed by atoms with Crippen LogP contribution in [0.4, 0.5) is 0 Å². The average molecular weight is 493 g/mol. The summed E-state index contributed by atoms with van der Waals surface area (Å²) in [7, 11) is -4.09. The molecule has 0 aromatic carbocycles. The third kappa shape index (κ3) is 4.59. The van der Waals surface area contributed by atoms with Crippen molar-refractivity contribution in [2.24, 2.45) is 29.1 Å². The highest BCUT2D eigenvalue weighted by Gasteiger charge is 2.74. The fraction of sp³-hybridized carbons (Fsp3) is 0.852. The molecule has 0 radical (unpaired) electrons. The van der Waals surface area contributed by atoms with Crippen LogP contribution in [0.25, 0.3) is 0 Å². The Balaban J connectivity index is 2.19. The summed E-state index contributed by atoms with van der Waals surface area (Å²) in [5.74, 6) is 6.52. The van der Waals surface area contributed by atoms with Crippen LogP contribution >= 0.6 is 0 Å². The van der Waals surface area contributed by atoms with E-state index in [1.165, 1.54) is 0 Å². The molecule has 7 atom stereocenters. The zero-order valence-corrected chi connectivity index (χ0v) is 24.9. The number of fused-ring (bicyclic) bond motifs is 3. The summed E-state index contributed by atoms with van der Waals surface area (Å²) in [5, 5.41) is 22.7. The van der Waals surface area contributed by atoms with Gasteiger partial charge < -0.3 is 19.1 Å². The van der Waals surface area contributed by atoms with Crippen molar-refractivity contribution in [3.63, 3.8) is 0 Å². The molecular formula is C27H48O4Si2. The third-order valence-electron chi connectivity index (χ3n) is 9.08. The first-order chi connectivity index (χ1) is 14.9. The summed E-state index contributed by atoms with van der Waals surface area (Å²) in [4.78, 5) is 0. The first kappa shape index (κ1) is 27.2. The minimum atomic E-state index is -2.06. The van der Waals surface area contributed by atoms with Crippen molar-refractivity contribution in [2.45, 2.75) is 109 Å². The maximum absolute atomic E-state index is 11.8. The number of hydrogen-bond acceptors (Lipinski definition) is 4. The van der Waals surface area contributed by atoms with E-state index < -0.39 is 33.8 Å². The highest BCUT2D eigenvalue weighted by Crippen LogP contribution is 2.72. The van der Waals surface area contributed by atoms with Gasteiger partial charge in [-0.3, -0.25) is 0 Å². The van der Waals surface area contributed by atoms with E-state index in [0.717, 1.165) is 0 Å². The zero-order valence-electron chi connectivity index (χ0n) is 22.9. The molecule has 0 saturated heterocycles. The smallest absolute Gasteiger partial charge is 0.192 e. The minimum absolute atomic E-state index is 0.0536. The number of aliphatic hydroxyl groups excluding tert-OH is 1. The summed E-state index contributed by atoms with van der Waals surface area (Å²) in [6.07, 6.45) is 5.54. The molecule has 0 bridgehead atoms. The number of rotatable bonds is 5. The molecule has 2 N–H and O–H groups in total. The molecule has 4 nitrogen and oxygen atoms in total. The van der Waals surface area contributed by atoms with Gasteiger partial charge in [0, 0.05) is 18.8 Å². The molecule has 2 saturated carbocycles. The van der Waals surface area contributed by atoms with Crippen LogP contribution in [-0.4, -0.2) is 50.8 Å². The fourth-order valence-electron chi connectivity index (χ4n) is 6.68. The SMILES string of the molecule is CC#C[C@@]1(O)CC=C[C@H]2[C@H]3[C@@H]([C@H](O[Si](C)(C)C(C)(C)C)C[C@]2(O[Si](C)(C)C)[C@@H]1CO)C3(C)C. The van der Waals surface area contributed by atoms with Gasteiger partial charge in [-0.15, -0.1) is 5.92 Å². The van der Waals surface area contributed by atoms with E-state index in [2.05, 4.69) is 91.3 Å². The summed E-state index contributed by atoms with van der Waals surface area (Å²) in [6, 6.07) is 0. The van der Waals surface area contributed by atoms with Crippen molar-refractivity contribution in [3.05, 3.63) is 12.2 Å². The second kappa shape index (κ2) is 8.32. The van der Waals surface area contributed by atoms with Crippen LogP contribution in [0.15, 0.2) is 12.2 Å². The summed E-state index contributed by atoms with van der Waals surface area (Å²) in [5.41, 5.74) is -1.89. The molecular weight excluding hydrogens is 444 g/mol. The second-order valence-corrected chi connectivity index (χ2v) is 23.0. The summed E-state index contributed by atoms with van der Waals surface area (Å²) < 4.78 is 14.3. The molecule has 0 aliphatic heterocycles. The Bertz CT molecular complexity index is 841. The lowest BCUT2D eigenvalue weighted by atomic mass is 9.63. The highest BCUT2D eigenvalue weighted by molar-refractivity contribution is 6.74. The third-order valence-corrected chi connectivity index (χ3v) is 14.6. The minimum Gasteiger partial charge on any atom is -0.414 e. The highest BCUT2D eigenvalue weighted by atomic mass is 28.4. The summed E-state index contributed by atoms with van der Waals surface area (Å²) >= 11 is 0. The van der Waals surface area contributed by atoms with Crippen molar-refractivity contribution in [1.82, 2.24) is 0 Å². The molecule has 0 aromatic heterocycles. The van der Waals surface area contributed by atoms with E-state index in [4.69, 9.17) is 8.85 Å². The lowest BCUT2D eigenvalue weighted by Gasteiger charge is -2.55. The van der Waals surface area contributed by atoms with Gasteiger partial charge >= 0.3 is 0 Å². The van der Waals surface area contributed by atoms with Crippen molar-refractivity contribution in [2.75, 3.05) is 6.61 Å². The predicted octanol–water partition coefficient (Wildman–Crippen LogP) is 5.58. The van der Waals surface area contributed by atoms with E-state index in [1.54, 1.807) is 6.92 Å². The van der Waals surface area contributed by atoms with Crippen LogP contribution in [0, 0.1) is 40.9 Å². The van der Waals surface area contributed by atoms with Crippen LogP contribution in [0.3, 0.4) is 0 Å². The van der Waals surface area contributed by atoms with Crippen molar-refractivity contribution < 1.29 is 19.1 Å². The molecule has 3 aliphatic rings. The van der Waals surface area contributed by atoms with Crippen molar-refractivity contribution >= 4 is 16.6 Å². The standard InChI is InChI=1S/C27H48O4Si2/c1-12-15-26(29)16-13-14-19-22-23(25(22,5)6)20(30-33(10,11)24(2,3)4)17-27(19,21(26)18-28)31-32(7,8)9/h13-14,19-23,28-29H,16-18H2,1-11H3/t19-,20+,21+,22-,23+,26+,27+/m0/s1. The summed E-state index contributed by atoms with van der Waals surface area (Å²) in [6.45, 7) is 24.5. The Morgan fingerprint density at radius 1 is 1.09 bits per heavy atom. The van der Waals surface area contributed by atoms with Crippen molar-refractivity contribution in [1.29, 1.82) is 0 Å². The molecule has 2 fully saturated rings. The lowest BCUT2D eigenvalue weighted by Crippen LogP contribution is -2.64. The molecule has 3 rings (SSSR count). The number of hydrogen-bond donors (Lipinski definition) is 2. The molecule has 0 amide bonds. The van der Waals surface area contributed by atoms with Gasteiger partial charge in [0.25, 0.3) is 0 Å². The largest absolute Gasteiger partial charge is 0.414 e. The zero-order chi connectivity index (χ0) is 25.3. The van der Waals surface area contributed by atoms with Crippen LogP contribution < -0.4 is 0 Å². The molecule has 33 heavy (non-hydrogen) atoms. The van der Waals surface area contributed by atoms with E-state index in [-0.39, 0.29) is 29.1 Å². The molecule has 0 heterocycles. The van der Waals surface area contributed by atoms with Gasteiger partial charge in [0.2, 0.25) is 0 Å². The van der Waals surface area contributed by atoms with E-state index >= 15 is 0 Å². The van der Waals surface area contributed by atoms with Crippen molar-refractivity contribution in [3.8, 4) is 11.8 Å². The molecule has 0 spiro atoms. The molecule has 0 unspecified atom stereocenters. The Kier molecular flexibility index (Phi) is 6.85. The lowest BCUT2D eigenvalue weighted by molar-refractivity contribution is -0.155. The quantitative estimate of drug-likeness (QED) is 0.299. The van der Waals surface area contributed by atoms with Gasteiger partial charge in [-0.05, 0) is 61.9 Å². The predicted molar refractivity (Wildman–Crippen MR) is 141 cm³/mol. The van der Waals surface area contributed by atoms with Gasteiger partial charge in [0.05, 0.1) is 24.2 Å². The Morgan fingerprint density at radius 3 is 2.18 bits per heavy atom. The molecule has 188 valence electrons. The van der Waals surface area contributed by atoms with Gasteiger partial charge in [-0.1, -0.05) is 52.7 Å². The van der Waals surface area contributed by atoms with E-state index in [1.807, 2.05) is 0 Å². The van der Waals surface area contributed by atoms with Gasteiger partial charge in [0.1, 0.15) is 5.60 Å². The molecule has 6 heteroatoms. The maximum atomic E-state index is 11.8. The second-order valence-electron chi connectivity index (χ2n) is 13.9. The van der Waals surface area contributed by atoms with E-state index in [9.17, 15) is 10.2 Å². The Morgan fingerprint density at radius 2 is 1.70 bits per heavy atom. The van der Waals surface area contributed by atoms with E-state index in [0.29, 0.717) is 24.7 Å². The van der Waals surface area contributed by atoms with Gasteiger partial charge in [-0.2, -0.15) is 0 Å². The van der Waals surface area contributed by atoms with Crippen LogP contribution in [0.2, 0.25) is 37.8 Å². The van der Waals surface area contributed by atoms with Crippen LogP contribution in [0.5, 0.6) is 0 Å². The number of aliphatic hydroxyl groups is 2. The first-order valence-corrected chi connectivity index (χ1v) is 19.0. The first-order valence-electron chi connectivity index (χ1n) is 12.7. The fourth-order valence-corrected chi connectivity index (χ4v) is 9.52. The topological polar surface area (TPSA) is 58.9 Å². The van der Waals surface area contributed by atoms with Crippen LogP contribution in [0.1, 0.15) is 54.4 Å². The molecule has 3 aliphatic carbocycles. The average Bonchev–Trinajstić information content (AvgIpc) is 3.20. The van der Waals surface area contributed by atoms with Gasteiger partial charge in [0.15, 0.2) is 16.6 Å². The Labute approximate surface area is 204 Å². The Hall–Kier alpha value is -0.426. The normalized spacial score (nSPS) is 40.2. The maximum Gasteiger partial charge on any atom is 0.192 e. The molecule has 0 aromatic rings. The van der Waals surface area contributed by atoms with Gasteiger partial charge in [-0.25, -0.2) is 0 Å².